The molecule has 0 aliphatic carbocycles. The first kappa shape index (κ1) is 29.8. The molecule has 2 aliphatic heterocycles. The fourth-order valence-electron chi connectivity index (χ4n) is 5.23. The Kier molecular flexibility index (Phi) is 7.69. The van der Waals surface area contributed by atoms with E-state index in [-0.39, 0.29) is 11.3 Å². The van der Waals surface area contributed by atoms with Gasteiger partial charge in [-0.3, -0.25) is 4.79 Å². The third kappa shape index (κ3) is 4.58. The second-order valence-electron chi connectivity index (χ2n) is 10.1. The molecule has 2 aromatic carbocycles. The molecular formula is C26H28O16. The normalized spacial score (nSPS) is 31.8. The first-order chi connectivity index (χ1) is 19.8. The molecule has 0 saturated carbocycles. The first-order valence-electron chi connectivity index (χ1n) is 12.6. The molecular weight excluding hydrogens is 568 g/mol. The molecule has 3 heterocycles. The summed E-state index contributed by atoms with van der Waals surface area (Å²) in [5.41, 5.74) is -3.13. The molecule has 16 heteroatoms. The van der Waals surface area contributed by atoms with E-state index < -0.39 is 124 Å². The largest absolute Gasteiger partial charge is 0.507 e. The molecule has 12 N–H and O–H groups in total. The van der Waals surface area contributed by atoms with Crippen LogP contribution in [0.25, 0.3) is 22.3 Å². The lowest BCUT2D eigenvalue weighted by molar-refractivity contribution is -0.232. The van der Waals surface area contributed by atoms with Gasteiger partial charge in [0.15, 0.2) is 28.3 Å². The smallest absolute Gasteiger partial charge is 0.200 e. The van der Waals surface area contributed by atoms with Crippen molar-refractivity contribution in [1.29, 1.82) is 0 Å². The molecule has 42 heavy (non-hydrogen) atoms. The number of rotatable bonds is 4. The quantitative estimate of drug-likeness (QED) is 0.140. The SMILES string of the molecule is O=c1cc(-c2cc(O)c(O)c(O)c2)oc2c(C3OCC(O)C(O)C3O)c(O)c(C3OC(CO)C(O)C(O)C3O)c(O)c12. The highest BCUT2D eigenvalue weighted by molar-refractivity contribution is 5.92. The summed E-state index contributed by atoms with van der Waals surface area (Å²) in [5, 5.41) is 123. The summed E-state index contributed by atoms with van der Waals surface area (Å²) in [7, 11) is 0. The molecule has 3 aromatic rings. The fraction of sp³-hybridized carbons (Fsp3) is 0.423. The minimum Gasteiger partial charge on any atom is -0.507 e. The van der Waals surface area contributed by atoms with E-state index in [0.717, 1.165) is 18.2 Å². The van der Waals surface area contributed by atoms with Crippen molar-refractivity contribution in [3.05, 3.63) is 39.5 Å². The van der Waals surface area contributed by atoms with Crippen molar-refractivity contribution in [2.24, 2.45) is 0 Å². The number of aromatic hydroxyl groups is 5. The topological polar surface area (TPSA) is 291 Å². The molecule has 5 rings (SSSR count). The van der Waals surface area contributed by atoms with Crippen LogP contribution in [0.3, 0.4) is 0 Å². The van der Waals surface area contributed by atoms with Gasteiger partial charge in [-0.1, -0.05) is 0 Å². The van der Waals surface area contributed by atoms with Gasteiger partial charge in [0.2, 0.25) is 0 Å². The van der Waals surface area contributed by atoms with Gasteiger partial charge in [-0.2, -0.15) is 0 Å². The minimum atomic E-state index is -2.04. The number of hydrogen-bond acceptors (Lipinski definition) is 16. The van der Waals surface area contributed by atoms with Gasteiger partial charge >= 0.3 is 0 Å². The van der Waals surface area contributed by atoms with Gasteiger partial charge in [0.05, 0.1) is 24.3 Å². The molecule has 1 aromatic heterocycles. The Morgan fingerprint density at radius 3 is 1.95 bits per heavy atom. The van der Waals surface area contributed by atoms with Crippen molar-refractivity contribution in [1.82, 2.24) is 0 Å². The molecule has 2 saturated heterocycles. The highest BCUT2D eigenvalue weighted by atomic mass is 16.5. The molecule has 228 valence electrons. The predicted octanol–water partition coefficient (Wildman–Crippen LogP) is -2.34. The van der Waals surface area contributed by atoms with Crippen LogP contribution in [0.15, 0.2) is 27.4 Å². The third-order valence-corrected chi connectivity index (χ3v) is 7.51. The van der Waals surface area contributed by atoms with Gasteiger partial charge in [0.25, 0.3) is 0 Å². The maximum Gasteiger partial charge on any atom is 0.200 e. The van der Waals surface area contributed by atoms with Crippen LogP contribution in [0.5, 0.6) is 28.7 Å². The van der Waals surface area contributed by atoms with Crippen LogP contribution < -0.4 is 5.43 Å². The Hall–Kier alpha value is -3.71. The fourth-order valence-corrected chi connectivity index (χ4v) is 5.23. The summed E-state index contributed by atoms with van der Waals surface area (Å²) in [4.78, 5) is 13.4. The summed E-state index contributed by atoms with van der Waals surface area (Å²) in [6, 6.07) is 2.65. The highest BCUT2D eigenvalue weighted by Gasteiger charge is 2.48. The van der Waals surface area contributed by atoms with Crippen LogP contribution in [-0.2, 0) is 9.47 Å². The molecule has 0 amide bonds. The van der Waals surface area contributed by atoms with Crippen molar-refractivity contribution < 1.29 is 75.2 Å². The van der Waals surface area contributed by atoms with Crippen LogP contribution in [0, 0.1) is 0 Å². The molecule has 9 unspecified atom stereocenters. The van der Waals surface area contributed by atoms with Crippen LogP contribution in [0.4, 0.5) is 0 Å². The zero-order valence-corrected chi connectivity index (χ0v) is 21.3. The second-order valence-corrected chi connectivity index (χ2v) is 10.1. The molecule has 0 radical (unpaired) electrons. The number of phenols is 5. The van der Waals surface area contributed by atoms with Crippen molar-refractivity contribution in [2.75, 3.05) is 13.2 Å². The maximum absolute atomic E-state index is 13.4. The van der Waals surface area contributed by atoms with Crippen molar-refractivity contribution in [2.45, 2.75) is 54.9 Å². The standard InChI is InChI=1S/C26H28O16/c27-4-12-18(34)21(37)23(39)26(42-12)14-19(35)13-7(28)3-11(6-1-8(29)16(32)9(30)2-6)41-24(13)15(20(14)36)25-22(38)17(33)10(31)5-40-25/h1-3,10,12,17-18,21-23,25-27,29-39H,4-5H2. The van der Waals surface area contributed by atoms with Crippen molar-refractivity contribution in [3.8, 4) is 40.1 Å². The Morgan fingerprint density at radius 2 is 1.33 bits per heavy atom. The zero-order chi connectivity index (χ0) is 30.8. The Morgan fingerprint density at radius 1 is 0.714 bits per heavy atom. The van der Waals surface area contributed by atoms with E-state index in [1.54, 1.807) is 0 Å². The number of aliphatic hydroxyl groups excluding tert-OH is 7. The molecule has 2 fully saturated rings. The van der Waals surface area contributed by atoms with Gasteiger partial charge in [0, 0.05) is 11.6 Å². The summed E-state index contributed by atoms with van der Waals surface area (Å²) in [6.45, 7) is -1.44. The number of hydrogen-bond donors (Lipinski definition) is 12. The number of fused-ring (bicyclic) bond motifs is 1. The van der Waals surface area contributed by atoms with E-state index in [0.29, 0.717) is 0 Å². The molecule has 2 aliphatic rings. The van der Waals surface area contributed by atoms with Gasteiger partial charge < -0.3 is 75.2 Å². The van der Waals surface area contributed by atoms with Crippen molar-refractivity contribution in [3.63, 3.8) is 0 Å². The Balaban J connectivity index is 1.82. The van der Waals surface area contributed by atoms with Gasteiger partial charge in [-0.25, -0.2) is 0 Å². The number of aliphatic hydroxyl groups is 7. The lowest BCUT2D eigenvalue weighted by Crippen LogP contribution is -2.55. The van der Waals surface area contributed by atoms with E-state index in [1.165, 1.54) is 0 Å². The minimum absolute atomic E-state index is 0.162. The summed E-state index contributed by atoms with van der Waals surface area (Å²) >= 11 is 0. The number of ether oxygens (including phenoxy) is 2. The predicted molar refractivity (Wildman–Crippen MR) is 136 cm³/mol. The van der Waals surface area contributed by atoms with Crippen LogP contribution >= 0.6 is 0 Å². The van der Waals surface area contributed by atoms with Gasteiger partial charge in [-0.05, 0) is 12.1 Å². The van der Waals surface area contributed by atoms with E-state index in [1.807, 2.05) is 0 Å². The van der Waals surface area contributed by atoms with E-state index in [4.69, 9.17) is 13.9 Å². The summed E-state index contributed by atoms with van der Waals surface area (Å²) < 4.78 is 16.7. The zero-order valence-electron chi connectivity index (χ0n) is 21.3. The van der Waals surface area contributed by atoms with Gasteiger partial charge in [-0.15, -0.1) is 0 Å². The second kappa shape index (κ2) is 10.8. The molecule has 0 bridgehead atoms. The van der Waals surface area contributed by atoms with Crippen LogP contribution in [0.1, 0.15) is 23.3 Å². The maximum atomic E-state index is 13.4. The van der Waals surface area contributed by atoms with Gasteiger partial charge in [0.1, 0.15) is 77.6 Å². The third-order valence-electron chi connectivity index (χ3n) is 7.51. The molecule has 0 spiro atoms. The van der Waals surface area contributed by atoms with E-state index >= 15 is 0 Å². The highest BCUT2D eigenvalue weighted by Crippen LogP contribution is 2.50. The summed E-state index contributed by atoms with van der Waals surface area (Å²) in [5.74, 6) is -4.88. The molecule has 16 nitrogen and oxygen atoms in total. The average Bonchev–Trinajstić information content (AvgIpc) is 2.95. The summed E-state index contributed by atoms with van der Waals surface area (Å²) in [6.07, 6.45) is -16.3. The lowest BCUT2D eigenvalue weighted by Gasteiger charge is -2.41. The Bertz CT molecular complexity index is 1540. The van der Waals surface area contributed by atoms with E-state index in [9.17, 15) is 66.1 Å². The Labute approximate surface area is 234 Å². The van der Waals surface area contributed by atoms with E-state index in [2.05, 4.69) is 0 Å². The van der Waals surface area contributed by atoms with Crippen LogP contribution in [-0.4, -0.2) is 117 Å². The number of phenolic OH excluding ortho intramolecular Hbond substituents is 5. The monoisotopic (exact) mass is 596 g/mol. The first-order valence-corrected chi connectivity index (χ1v) is 12.6. The van der Waals surface area contributed by atoms with Crippen LogP contribution in [0.2, 0.25) is 0 Å². The number of benzene rings is 2. The van der Waals surface area contributed by atoms with Crippen molar-refractivity contribution >= 4 is 11.0 Å². The molecule has 9 atom stereocenters. The average molecular weight is 596 g/mol. The lowest BCUT2D eigenvalue weighted by atomic mass is 9.85.